The number of nitrogens with zero attached hydrogens (tertiary/aromatic N) is 5. The van der Waals surface area contributed by atoms with Gasteiger partial charge in [-0.25, -0.2) is 4.68 Å². The minimum absolute atomic E-state index is 0.0607. The molecule has 1 atom stereocenters. The van der Waals surface area contributed by atoms with E-state index < -0.39 is 0 Å². The van der Waals surface area contributed by atoms with Crippen LogP contribution in [0, 0.1) is 5.92 Å². The molecule has 0 N–H and O–H groups in total. The van der Waals surface area contributed by atoms with E-state index in [0.29, 0.717) is 12.5 Å². The van der Waals surface area contributed by atoms with Crippen LogP contribution in [0.15, 0.2) is 36.7 Å². The number of amides is 1. The van der Waals surface area contributed by atoms with Gasteiger partial charge in [0.2, 0.25) is 5.91 Å². The molecule has 21 heavy (non-hydrogen) atoms. The molecule has 0 spiro atoms. The van der Waals surface area contributed by atoms with Gasteiger partial charge in [0.25, 0.3) is 0 Å². The zero-order valence-corrected chi connectivity index (χ0v) is 12.1. The third-order valence-electron chi connectivity index (χ3n) is 4.00. The fourth-order valence-corrected chi connectivity index (χ4v) is 2.55. The lowest BCUT2D eigenvalue weighted by molar-refractivity contribution is -0.135. The Hall–Kier alpha value is -2.24. The van der Waals surface area contributed by atoms with E-state index in [-0.39, 0.29) is 18.5 Å². The molecule has 3 rings (SSSR count). The smallest absolute Gasteiger partial charge is 0.244 e. The van der Waals surface area contributed by atoms with E-state index in [4.69, 9.17) is 0 Å². The summed E-state index contributed by atoms with van der Waals surface area (Å²) in [6.45, 7) is 2.97. The molecule has 1 aliphatic carbocycles. The van der Waals surface area contributed by atoms with Gasteiger partial charge in [0.05, 0.1) is 0 Å². The van der Waals surface area contributed by atoms with E-state index >= 15 is 0 Å². The summed E-state index contributed by atoms with van der Waals surface area (Å²) in [6, 6.07) is 10.4. The maximum absolute atomic E-state index is 12.6. The number of rotatable bonds is 6. The molecule has 0 saturated heterocycles. The van der Waals surface area contributed by atoms with Gasteiger partial charge < -0.3 is 4.90 Å². The summed E-state index contributed by atoms with van der Waals surface area (Å²) >= 11 is 0. The number of hydrogen-bond acceptors (Lipinski definition) is 4. The van der Waals surface area contributed by atoms with Crippen LogP contribution in [0.5, 0.6) is 0 Å². The lowest BCUT2D eigenvalue weighted by Crippen LogP contribution is -2.41. The van der Waals surface area contributed by atoms with Gasteiger partial charge in [-0.15, -0.1) is 5.10 Å². The highest BCUT2D eigenvalue weighted by Crippen LogP contribution is 2.35. The first kappa shape index (κ1) is 13.7. The number of benzene rings is 1. The van der Waals surface area contributed by atoms with E-state index in [1.807, 2.05) is 23.1 Å². The van der Waals surface area contributed by atoms with Crippen LogP contribution >= 0.6 is 0 Å². The number of tetrazole rings is 1. The second kappa shape index (κ2) is 6.03. The van der Waals surface area contributed by atoms with Crippen LogP contribution in [0.4, 0.5) is 0 Å². The maximum Gasteiger partial charge on any atom is 0.244 e. The Labute approximate surface area is 123 Å². The molecule has 1 amide bonds. The molecule has 0 radical (unpaired) electrons. The molecular formula is C15H19N5O. The van der Waals surface area contributed by atoms with Crippen LogP contribution in [0.2, 0.25) is 0 Å². The molecule has 1 unspecified atom stereocenters. The van der Waals surface area contributed by atoms with Gasteiger partial charge in [-0.3, -0.25) is 4.79 Å². The molecule has 1 heterocycles. The Kier molecular flexibility index (Phi) is 3.94. The third kappa shape index (κ3) is 3.45. The largest absolute Gasteiger partial charge is 0.334 e. The van der Waals surface area contributed by atoms with Gasteiger partial charge in [-0.1, -0.05) is 30.3 Å². The molecule has 2 aromatic rings. The normalized spacial score (nSPS) is 15.7. The average Bonchev–Trinajstić information content (AvgIpc) is 3.23. The molecular weight excluding hydrogens is 266 g/mol. The topological polar surface area (TPSA) is 63.9 Å². The minimum Gasteiger partial charge on any atom is -0.334 e. The van der Waals surface area contributed by atoms with Crippen molar-refractivity contribution in [3.05, 3.63) is 42.2 Å². The summed E-state index contributed by atoms with van der Waals surface area (Å²) in [6.07, 6.45) is 3.90. The van der Waals surface area contributed by atoms with Gasteiger partial charge >= 0.3 is 0 Å². The molecule has 1 aromatic heterocycles. The first-order valence-corrected chi connectivity index (χ1v) is 7.28. The summed E-state index contributed by atoms with van der Waals surface area (Å²) in [5, 5.41) is 10.9. The van der Waals surface area contributed by atoms with Crippen molar-refractivity contribution >= 4 is 5.91 Å². The van der Waals surface area contributed by atoms with Crippen molar-refractivity contribution in [3.63, 3.8) is 0 Å². The van der Waals surface area contributed by atoms with Crippen molar-refractivity contribution in [2.24, 2.45) is 5.92 Å². The van der Waals surface area contributed by atoms with Gasteiger partial charge in [0.1, 0.15) is 12.9 Å². The minimum atomic E-state index is 0.0607. The molecule has 1 saturated carbocycles. The quantitative estimate of drug-likeness (QED) is 0.807. The molecule has 0 aliphatic heterocycles. The zero-order valence-electron chi connectivity index (χ0n) is 12.1. The van der Waals surface area contributed by atoms with Gasteiger partial charge in [0.15, 0.2) is 0 Å². The number of carbonyl (C=O) groups is 1. The number of carbonyl (C=O) groups excluding carboxylic acids is 1. The maximum atomic E-state index is 12.6. The molecule has 6 nitrogen and oxygen atoms in total. The summed E-state index contributed by atoms with van der Waals surface area (Å²) < 4.78 is 1.47. The molecule has 1 fully saturated rings. The standard InChI is InChI=1S/C15H19N5O/c1-12(14-7-8-14)20(9-13-5-3-2-4-6-13)15(21)10-19-11-16-17-18-19/h2-6,11-12,14H,7-10H2,1H3. The Morgan fingerprint density at radius 2 is 2.14 bits per heavy atom. The van der Waals surface area contributed by atoms with Crippen LogP contribution in [-0.4, -0.2) is 37.1 Å². The van der Waals surface area contributed by atoms with Crippen molar-refractivity contribution in [2.75, 3.05) is 0 Å². The summed E-state index contributed by atoms with van der Waals surface area (Å²) in [7, 11) is 0. The van der Waals surface area contributed by atoms with Crippen LogP contribution in [0.25, 0.3) is 0 Å². The zero-order chi connectivity index (χ0) is 14.7. The van der Waals surface area contributed by atoms with E-state index in [0.717, 1.165) is 5.56 Å². The third-order valence-corrected chi connectivity index (χ3v) is 4.00. The summed E-state index contributed by atoms with van der Waals surface area (Å²) in [4.78, 5) is 14.6. The van der Waals surface area contributed by atoms with Crippen molar-refractivity contribution in [1.82, 2.24) is 25.1 Å². The Morgan fingerprint density at radius 1 is 1.38 bits per heavy atom. The molecule has 0 bridgehead atoms. The first-order valence-electron chi connectivity index (χ1n) is 7.28. The van der Waals surface area contributed by atoms with Gasteiger partial charge in [0, 0.05) is 12.6 Å². The van der Waals surface area contributed by atoms with Crippen molar-refractivity contribution < 1.29 is 4.79 Å². The van der Waals surface area contributed by atoms with Crippen LogP contribution in [0.3, 0.4) is 0 Å². The van der Waals surface area contributed by atoms with Crippen LogP contribution in [-0.2, 0) is 17.9 Å². The van der Waals surface area contributed by atoms with E-state index in [9.17, 15) is 4.79 Å². The monoisotopic (exact) mass is 285 g/mol. The predicted molar refractivity (Wildman–Crippen MR) is 77.0 cm³/mol. The molecule has 110 valence electrons. The lowest BCUT2D eigenvalue weighted by atomic mass is 10.1. The van der Waals surface area contributed by atoms with E-state index in [1.165, 1.54) is 23.9 Å². The average molecular weight is 285 g/mol. The van der Waals surface area contributed by atoms with Crippen molar-refractivity contribution in [1.29, 1.82) is 0 Å². The lowest BCUT2D eigenvalue weighted by Gasteiger charge is -2.29. The fourth-order valence-electron chi connectivity index (χ4n) is 2.55. The fraction of sp³-hybridized carbons (Fsp3) is 0.467. The second-order valence-corrected chi connectivity index (χ2v) is 5.59. The highest BCUT2D eigenvalue weighted by molar-refractivity contribution is 5.76. The summed E-state index contributed by atoms with van der Waals surface area (Å²) in [5.74, 6) is 0.692. The molecule has 6 heteroatoms. The molecule has 1 aromatic carbocycles. The van der Waals surface area contributed by atoms with Crippen molar-refractivity contribution in [3.8, 4) is 0 Å². The Balaban J connectivity index is 1.73. The molecule has 1 aliphatic rings. The van der Waals surface area contributed by atoms with Crippen molar-refractivity contribution in [2.45, 2.75) is 38.9 Å². The SMILES string of the molecule is CC(C1CC1)N(Cc1ccccc1)C(=O)Cn1cnnn1. The van der Waals surface area contributed by atoms with Gasteiger partial charge in [-0.2, -0.15) is 0 Å². The number of hydrogen-bond donors (Lipinski definition) is 0. The second-order valence-electron chi connectivity index (χ2n) is 5.59. The first-order chi connectivity index (χ1) is 10.2. The van der Waals surface area contributed by atoms with E-state index in [2.05, 4.69) is 34.6 Å². The van der Waals surface area contributed by atoms with Crippen LogP contribution < -0.4 is 0 Å². The Morgan fingerprint density at radius 3 is 2.76 bits per heavy atom. The highest BCUT2D eigenvalue weighted by atomic mass is 16.2. The predicted octanol–water partition coefficient (Wildman–Crippen LogP) is 1.50. The highest BCUT2D eigenvalue weighted by Gasteiger charge is 2.34. The summed E-state index contributed by atoms with van der Waals surface area (Å²) in [5.41, 5.74) is 1.15. The number of aromatic nitrogens is 4. The van der Waals surface area contributed by atoms with Crippen LogP contribution in [0.1, 0.15) is 25.3 Å². The Bertz CT molecular complexity index is 579. The van der Waals surface area contributed by atoms with Gasteiger partial charge in [-0.05, 0) is 41.7 Å². The van der Waals surface area contributed by atoms with E-state index in [1.54, 1.807) is 0 Å².